The van der Waals surface area contributed by atoms with Crippen LogP contribution in [0, 0.1) is 33.5 Å². The molecule has 0 unspecified atom stereocenters. The van der Waals surface area contributed by atoms with E-state index < -0.39 is 23.6 Å². The Kier molecular flexibility index (Phi) is 11.7. The summed E-state index contributed by atoms with van der Waals surface area (Å²) in [6.07, 6.45) is 8.08. The van der Waals surface area contributed by atoms with Crippen molar-refractivity contribution in [2.24, 2.45) is 10.8 Å². The fourth-order valence-electron chi connectivity index (χ4n) is 7.02. The number of nitriles is 2. The predicted octanol–water partition coefficient (Wildman–Crippen LogP) is 7.47. The summed E-state index contributed by atoms with van der Waals surface area (Å²) in [6.45, 7) is 11.3. The molecular formula is C36H48F2N4O4. The molecule has 0 amide bonds. The van der Waals surface area contributed by atoms with Gasteiger partial charge in [-0.2, -0.15) is 10.5 Å². The molecule has 4 aliphatic rings. The molecule has 2 heterocycles. The Hall–Kier alpha value is -3.66. The first kappa shape index (κ1) is 35.2. The van der Waals surface area contributed by atoms with Crippen molar-refractivity contribution in [1.82, 2.24) is 9.80 Å². The number of rotatable bonds is 11. The lowest BCUT2D eigenvalue weighted by Crippen LogP contribution is -2.30. The first-order valence-electron chi connectivity index (χ1n) is 16.8. The highest BCUT2D eigenvalue weighted by Gasteiger charge is 2.38. The number of carbonyl (C=O) groups is 2. The second-order valence-corrected chi connectivity index (χ2v) is 14.6. The minimum Gasteiger partial charge on any atom is -0.462 e. The fraction of sp³-hybridized carbons (Fsp3) is 0.667. The number of ether oxygens (including phenoxy) is 2. The third-order valence-corrected chi connectivity index (χ3v) is 9.36. The van der Waals surface area contributed by atoms with E-state index in [4.69, 9.17) is 9.47 Å². The zero-order valence-electron chi connectivity index (χ0n) is 27.9. The van der Waals surface area contributed by atoms with Crippen LogP contribution in [-0.4, -0.2) is 61.1 Å². The molecule has 2 fully saturated rings. The summed E-state index contributed by atoms with van der Waals surface area (Å²) >= 11 is 0. The SMILES string of the molecule is CC1(C)CC(N2CCCC2)=C(F)/C(=C(\C#N)C(=O)OCCCCCCOC(=O)/C(C#N)=C2\CC(C)(C)CC(N3CCCC3)=C2F)C1. The van der Waals surface area contributed by atoms with Crippen LogP contribution in [0.2, 0.25) is 0 Å². The number of halogens is 2. The van der Waals surface area contributed by atoms with Gasteiger partial charge in [0.1, 0.15) is 34.9 Å². The lowest BCUT2D eigenvalue weighted by Gasteiger charge is -2.36. The zero-order chi connectivity index (χ0) is 33.5. The van der Waals surface area contributed by atoms with Crippen LogP contribution >= 0.6 is 0 Å². The van der Waals surface area contributed by atoms with Gasteiger partial charge in [-0.15, -0.1) is 0 Å². The molecule has 0 aromatic carbocycles. The minimum atomic E-state index is -0.808. The van der Waals surface area contributed by atoms with Crippen molar-refractivity contribution in [2.45, 2.75) is 105 Å². The fourth-order valence-corrected chi connectivity index (χ4v) is 7.02. The van der Waals surface area contributed by atoms with Crippen molar-refractivity contribution in [3.63, 3.8) is 0 Å². The molecule has 2 aliphatic carbocycles. The Morgan fingerprint density at radius 3 is 1.33 bits per heavy atom. The van der Waals surface area contributed by atoms with Gasteiger partial charge in [0.2, 0.25) is 0 Å². The molecule has 0 radical (unpaired) electrons. The van der Waals surface area contributed by atoms with Crippen LogP contribution in [0.5, 0.6) is 0 Å². The van der Waals surface area contributed by atoms with E-state index in [1.165, 1.54) is 0 Å². The smallest absolute Gasteiger partial charge is 0.349 e. The van der Waals surface area contributed by atoms with Gasteiger partial charge >= 0.3 is 11.9 Å². The second kappa shape index (κ2) is 15.3. The predicted molar refractivity (Wildman–Crippen MR) is 170 cm³/mol. The summed E-state index contributed by atoms with van der Waals surface area (Å²) in [7, 11) is 0. The maximum Gasteiger partial charge on any atom is 0.349 e. The second-order valence-electron chi connectivity index (χ2n) is 14.6. The van der Waals surface area contributed by atoms with Crippen molar-refractivity contribution in [3.8, 4) is 12.1 Å². The summed E-state index contributed by atoms with van der Waals surface area (Å²) in [5.74, 6) is -2.54. The summed E-state index contributed by atoms with van der Waals surface area (Å²) in [4.78, 5) is 29.7. The average molecular weight is 639 g/mol. The molecule has 46 heavy (non-hydrogen) atoms. The van der Waals surface area contributed by atoms with E-state index in [0.717, 1.165) is 51.9 Å². The third-order valence-electron chi connectivity index (χ3n) is 9.36. The van der Waals surface area contributed by atoms with Crippen LogP contribution in [0.4, 0.5) is 8.78 Å². The highest BCUT2D eigenvalue weighted by molar-refractivity contribution is 5.95. The molecule has 0 aromatic rings. The van der Waals surface area contributed by atoms with Crippen LogP contribution < -0.4 is 0 Å². The average Bonchev–Trinajstić information content (AvgIpc) is 3.73. The highest BCUT2D eigenvalue weighted by Crippen LogP contribution is 2.46. The number of hydrogen-bond donors (Lipinski definition) is 0. The molecule has 0 aromatic heterocycles. The quantitative estimate of drug-likeness (QED) is 0.0993. The first-order chi connectivity index (χ1) is 21.9. The van der Waals surface area contributed by atoms with Gasteiger partial charge in [0.25, 0.3) is 0 Å². The van der Waals surface area contributed by atoms with Gasteiger partial charge in [-0.05, 0) is 87.9 Å². The normalized spacial score (nSPS) is 23.2. The van der Waals surface area contributed by atoms with Crippen molar-refractivity contribution >= 4 is 11.9 Å². The molecule has 10 heteroatoms. The summed E-state index contributed by atoms with van der Waals surface area (Å²) in [5.41, 5.74) is 0.337. The van der Waals surface area contributed by atoms with Crippen LogP contribution in [0.3, 0.4) is 0 Å². The number of carbonyl (C=O) groups excluding carboxylic acids is 2. The summed E-state index contributed by atoms with van der Waals surface area (Å²) in [5, 5.41) is 19.5. The van der Waals surface area contributed by atoms with E-state index in [1.807, 2.05) is 49.6 Å². The lowest BCUT2D eigenvalue weighted by molar-refractivity contribution is -0.140. The minimum absolute atomic E-state index is 0.0796. The maximum atomic E-state index is 15.6. The van der Waals surface area contributed by atoms with Crippen molar-refractivity contribution in [2.75, 3.05) is 39.4 Å². The Labute approximate surface area is 272 Å². The van der Waals surface area contributed by atoms with Gasteiger partial charge in [0.15, 0.2) is 0 Å². The van der Waals surface area contributed by atoms with E-state index in [9.17, 15) is 20.1 Å². The molecule has 0 atom stereocenters. The van der Waals surface area contributed by atoms with E-state index in [1.54, 1.807) is 0 Å². The van der Waals surface area contributed by atoms with Gasteiger partial charge in [-0.1, -0.05) is 27.7 Å². The summed E-state index contributed by atoms with van der Waals surface area (Å²) < 4.78 is 41.9. The topological polar surface area (TPSA) is 107 Å². The Balaban J connectivity index is 1.25. The van der Waals surface area contributed by atoms with E-state index in [-0.39, 0.29) is 59.2 Å². The molecule has 4 rings (SSSR count). The highest BCUT2D eigenvalue weighted by atomic mass is 19.1. The number of nitrogens with zero attached hydrogens (tertiary/aromatic N) is 4. The number of likely N-dealkylation sites (tertiary alicyclic amines) is 2. The number of allylic oxidation sites excluding steroid dienone is 6. The Bertz CT molecular complexity index is 1290. The van der Waals surface area contributed by atoms with Crippen molar-refractivity contribution in [1.29, 1.82) is 10.5 Å². The Morgan fingerprint density at radius 1 is 0.652 bits per heavy atom. The van der Waals surface area contributed by atoms with E-state index in [0.29, 0.717) is 49.9 Å². The standard InChI is InChI=1S/C36H48F2N4O4/c1-35(2)19-25(31(37)29(21-35)41-13-7-8-14-41)27(23-39)33(43)45-17-11-5-6-12-18-46-34(44)28(24-40)26-20-36(3,4)22-30(32(26)38)42-15-9-10-16-42/h5-22H2,1-4H3/b27-25+,28-26+. The third kappa shape index (κ3) is 8.57. The van der Waals surface area contributed by atoms with Gasteiger partial charge in [-0.3, -0.25) is 0 Å². The molecule has 250 valence electrons. The molecule has 0 saturated carbocycles. The van der Waals surface area contributed by atoms with Crippen LogP contribution in [0.15, 0.2) is 45.3 Å². The number of esters is 2. The van der Waals surface area contributed by atoms with Crippen molar-refractivity contribution in [3.05, 3.63) is 45.3 Å². The zero-order valence-corrected chi connectivity index (χ0v) is 27.9. The van der Waals surface area contributed by atoms with Crippen molar-refractivity contribution < 1.29 is 27.8 Å². The molecule has 0 bridgehead atoms. The van der Waals surface area contributed by atoms with Crippen LogP contribution in [-0.2, 0) is 19.1 Å². The molecule has 2 saturated heterocycles. The summed E-state index contributed by atoms with van der Waals surface area (Å²) in [6, 6.07) is 3.80. The molecule has 0 N–H and O–H groups in total. The van der Waals surface area contributed by atoms with Crippen LogP contribution in [0.1, 0.15) is 105 Å². The number of unbranched alkanes of at least 4 members (excludes halogenated alkanes) is 3. The van der Waals surface area contributed by atoms with Crippen LogP contribution in [0.25, 0.3) is 0 Å². The van der Waals surface area contributed by atoms with Gasteiger partial charge < -0.3 is 19.3 Å². The largest absolute Gasteiger partial charge is 0.462 e. The lowest BCUT2D eigenvalue weighted by atomic mass is 9.75. The molecule has 0 spiro atoms. The Morgan fingerprint density at radius 2 is 1.00 bits per heavy atom. The monoisotopic (exact) mass is 638 g/mol. The van der Waals surface area contributed by atoms with E-state index in [2.05, 4.69) is 0 Å². The molecular weight excluding hydrogens is 590 g/mol. The van der Waals surface area contributed by atoms with Gasteiger partial charge in [0.05, 0.1) is 24.6 Å². The number of hydrogen-bond acceptors (Lipinski definition) is 8. The first-order valence-corrected chi connectivity index (χ1v) is 16.8. The van der Waals surface area contributed by atoms with Gasteiger partial charge in [-0.25, -0.2) is 18.4 Å². The maximum absolute atomic E-state index is 15.6. The van der Waals surface area contributed by atoms with Gasteiger partial charge in [0, 0.05) is 37.3 Å². The molecule has 2 aliphatic heterocycles. The van der Waals surface area contributed by atoms with E-state index >= 15 is 8.78 Å². The molecule has 8 nitrogen and oxygen atoms in total.